The van der Waals surface area contributed by atoms with Crippen LogP contribution in [0.4, 0.5) is 0 Å². The van der Waals surface area contributed by atoms with Gasteiger partial charge in [-0.25, -0.2) is 9.97 Å². The van der Waals surface area contributed by atoms with Crippen LogP contribution in [-0.4, -0.2) is 24.5 Å². The lowest BCUT2D eigenvalue weighted by molar-refractivity contribution is 0.372. The maximum atomic E-state index is 5.45. The number of hydrogen-bond acceptors (Lipinski definition) is 6. The Labute approximate surface area is 166 Å². The summed E-state index contributed by atoms with van der Waals surface area (Å²) >= 11 is 1.58. The van der Waals surface area contributed by atoms with Gasteiger partial charge in [-0.15, -0.1) is 0 Å². The minimum atomic E-state index is -0.137. The molecule has 5 aromatic rings. The quantitative estimate of drug-likeness (QED) is 0.319. The summed E-state index contributed by atoms with van der Waals surface area (Å²) in [6, 6.07) is 16.2. The summed E-state index contributed by atoms with van der Waals surface area (Å²) in [5.74, 6) is 1.87. The zero-order valence-corrected chi connectivity index (χ0v) is 16.7. The first-order valence-electron chi connectivity index (χ1n) is 9.12. The third-order valence-corrected chi connectivity index (χ3v) is 5.50. The number of aromatic nitrogens is 5. The number of benzene rings is 2. The molecular weight excluding hydrogens is 370 g/mol. The number of hydrogen-bond donors (Lipinski definition) is 0. The monoisotopic (exact) mass is 389 g/mol. The summed E-state index contributed by atoms with van der Waals surface area (Å²) in [6.45, 7) is 6.21. The van der Waals surface area contributed by atoms with Gasteiger partial charge in [-0.1, -0.05) is 62.0 Å². The highest BCUT2D eigenvalue weighted by Gasteiger charge is 2.21. The van der Waals surface area contributed by atoms with Crippen molar-refractivity contribution in [3.8, 4) is 0 Å². The molecule has 2 aromatic carbocycles. The first-order valence-corrected chi connectivity index (χ1v) is 10.1. The van der Waals surface area contributed by atoms with E-state index >= 15 is 0 Å². The topological polar surface area (TPSA) is 69.1 Å². The first-order chi connectivity index (χ1) is 13.5. The molecular formula is C21H19N5OS. The summed E-state index contributed by atoms with van der Waals surface area (Å²) < 4.78 is 7.56. The van der Waals surface area contributed by atoms with Crippen molar-refractivity contribution in [1.29, 1.82) is 0 Å². The average Bonchev–Trinajstić information content (AvgIpc) is 3.31. The predicted molar refractivity (Wildman–Crippen MR) is 111 cm³/mol. The molecule has 0 N–H and O–H groups in total. The van der Waals surface area contributed by atoms with Crippen LogP contribution in [0.5, 0.6) is 0 Å². The van der Waals surface area contributed by atoms with E-state index in [1.54, 1.807) is 11.8 Å². The van der Waals surface area contributed by atoms with Gasteiger partial charge in [0.05, 0.1) is 22.3 Å². The van der Waals surface area contributed by atoms with E-state index in [1.807, 2.05) is 36.4 Å². The number of fused-ring (bicyclic) bond motifs is 5. The van der Waals surface area contributed by atoms with E-state index in [9.17, 15) is 0 Å². The maximum Gasteiger partial charge on any atom is 0.237 e. The number of nitrogens with zero attached hydrogens (tertiary/aromatic N) is 5. The van der Waals surface area contributed by atoms with Crippen LogP contribution in [0.1, 0.15) is 32.5 Å². The van der Waals surface area contributed by atoms with Gasteiger partial charge in [0.1, 0.15) is 5.65 Å². The summed E-state index contributed by atoms with van der Waals surface area (Å²) in [5, 5.41) is 6.01. The highest BCUT2D eigenvalue weighted by Crippen LogP contribution is 2.30. The van der Waals surface area contributed by atoms with Crippen LogP contribution in [0.2, 0.25) is 0 Å². The number of para-hydroxylation sites is 3. The summed E-state index contributed by atoms with van der Waals surface area (Å²) in [5.41, 5.74) is 3.69. The highest BCUT2D eigenvalue weighted by molar-refractivity contribution is 7.98. The van der Waals surface area contributed by atoms with Crippen molar-refractivity contribution in [2.75, 3.05) is 0 Å². The van der Waals surface area contributed by atoms with Crippen molar-refractivity contribution in [3.63, 3.8) is 0 Å². The third-order valence-electron chi connectivity index (χ3n) is 4.58. The van der Waals surface area contributed by atoms with Gasteiger partial charge < -0.3 is 4.52 Å². The number of imidazole rings is 1. The largest absolute Gasteiger partial charge is 0.338 e. The third kappa shape index (κ3) is 2.82. The normalized spacial score (nSPS) is 12.4. The molecule has 0 spiro atoms. The highest BCUT2D eigenvalue weighted by atomic mass is 32.2. The first kappa shape index (κ1) is 17.2. The van der Waals surface area contributed by atoms with Crippen molar-refractivity contribution < 1.29 is 4.52 Å². The molecule has 0 amide bonds. The second-order valence-electron chi connectivity index (χ2n) is 7.72. The van der Waals surface area contributed by atoms with Gasteiger partial charge in [-0.05, 0) is 24.3 Å². The van der Waals surface area contributed by atoms with E-state index in [4.69, 9.17) is 14.5 Å². The van der Waals surface area contributed by atoms with Crippen LogP contribution in [0.15, 0.2) is 58.2 Å². The van der Waals surface area contributed by atoms with E-state index in [-0.39, 0.29) is 5.41 Å². The smallest absolute Gasteiger partial charge is 0.237 e. The standard InChI is InChI=1S/C21H19N5OS/c1-21(2,3)19-24-17(27-25-19)12-28-20-23-14-9-5-4-8-13(14)18-22-15-10-6-7-11-16(15)26(18)20/h4-11H,12H2,1-3H3. The van der Waals surface area contributed by atoms with Crippen LogP contribution < -0.4 is 0 Å². The molecule has 0 saturated carbocycles. The molecule has 7 heteroatoms. The lowest BCUT2D eigenvalue weighted by Gasteiger charge is -2.10. The molecule has 28 heavy (non-hydrogen) atoms. The molecule has 0 bridgehead atoms. The van der Waals surface area contributed by atoms with Crippen LogP contribution in [0, 0.1) is 0 Å². The van der Waals surface area contributed by atoms with Crippen molar-refractivity contribution in [2.45, 2.75) is 37.1 Å². The lowest BCUT2D eigenvalue weighted by atomic mass is 9.96. The molecule has 5 rings (SSSR count). The van der Waals surface area contributed by atoms with Crippen molar-refractivity contribution in [3.05, 3.63) is 60.2 Å². The molecule has 0 aliphatic carbocycles. The Kier molecular flexibility index (Phi) is 3.87. The van der Waals surface area contributed by atoms with Crippen molar-refractivity contribution in [2.24, 2.45) is 0 Å². The Morgan fingerprint density at radius 1 is 0.929 bits per heavy atom. The zero-order valence-electron chi connectivity index (χ0n) is 15.9. The van der Waals surface area contributed by atoms with Crippen molar-refractivity contribution in [1.82, 2.24) is 24.5 Å². The fourth-order valence-corrected chi connectivity index (χ4v) is 4.00. The maximum absolute atomic E-state index is 5.45. The molecule has 6 nitrogen and oxygen atoms in total. The molecule has 0 aliphatic heterocycles. The van der Waals surface area contributed by atoms with Crippen LogP contribution >= 0.6 is 11.8 Å². The molecule has 140 valence electrons. The fraction of sp³-hybridized carbons (Fsp3) is 0.238. The molecule has 0 atom stereocenters. The molecule has 0 aliphatic rings. The number of rotatable bonds is 3. The van der Waals surface area contributed by atoms with Crippen molar-refractivity contribution >= 4 is 39.3 Å². The van der Waals surface area contributed by atoms with E-state index in [1.165, 1.54) is 0 Å². The van der Waals surface area contributed by atoms with Crippen LogP contribution in [0.3, 0.4) is 0 Å². The minimum absolute atomic E-state index is 0.137. The second-order valence-corrected chi connectivity index (χ2v) is 8.66. The van der Waals surface area contributed by atoms with Gasteiger partial charge >= 0.3 is 0 Å². The Morgan fingerprint density at radius 2 is 1.68 bits per heavy atom. The molecule has 0 saturated heterocycles. The predicted octanol–water partition coefficient (Wildman–Crippen LogP) is 5.01. The van der Waals surface area contributed by atoms with E-state index in [0.717, 1.165) is 32.7 Å². The van der Waals surface area contributed by atoms with E-state index < -0.39 is 0 Å². The molecule has 3 aromatic heterocycles. The van der Waals surface area contributed by atoms with E-state index in [0.29, 0.717) is 17.5 Å². The Balaban J connectivity index is 1.62. The van der Waals surface area contributed by atoms with Gasteiger partial charge in [0, 0.05) is 10.8 Å². The molecule has 0 fully saturated rings. The molecule has 0 radical (unpaired) electrons. The molecule has 3 heterocycles. The average molecular weight is 389 g/mol. The van der Waals surface area contributed by atoms with E-state index in [2.05, 4.69) is 47.4 Å². The SMILES string of the molecule is CC(C)(C)c1noc(CSc2nc3ccccc3c3nc4ccccc4n23)n1. The van der Waals surface area contributed by atoms with Gasteiger partial charge in [0.15, 0.2) is 11.0 Å². The zero-order chi connectivity index (χ0) is 19.3. The summed E-state index contributed by atoms with van der Waals surface area (Å²) in [7, 11) is 0. The fourth-order valence-electron chi connectivity index (χ4n) is 3.15. The van der Waals surface area contributed by atoms with Gasteiger partial charge in [-0.3, -0.25) is 4.40 Å². The molecule has 0 unspecified atom stereocenters. The van der Waals surface area contributed by atoms with Crippen LogP contribution in [0.25, 0.3) is 27.6 Å². The minimum Gasteiger partial charge on any atom is -0.338 e. The lowest BCUT2D eigenvalue weighted by Crippen LogP contribution is -2.13. The summed E-state index contributed by atoms with van der Waals surface area (Å²) in [6.07, 6.45) is 0. The Hall–Kier alpha value is -2.93. The van der Waals surface area contributed by atoms with Crippen LogP contribution in [-0.2, 0) is 11.2 Å². The Bertz CT molecular complexity index is 1320. The second kappa shape index (κ2) is 6.31. The Morgan fingerprint density at radius 3 is 2.46 bits per heavy atom. The van der Waals surface area contributed by atoms with Gasteiger partial charge in [-0.2, -0.15) is 4.98 Å². The summed E-state index contributed by atoms with van der Waals surface area (Å²) in [4.78, 5) is 14.3. The van der Waals surface area contributed by atoms with Gasteiger partial charge in [0.2, 0.25) is 5.89 Å². The number of thioether (sulfide) groups is 1. The van der Waals surface area contributed by atoms with Gasteiger partial charge in [0.25, 0.3) is 0 Å².